The first-order chi connectivity index (χ1) is 9.08. The lowest BCUT2D eigenvalue weighted by molar-refractivity contribution is -0.126. The molecule has 0 heterocycles. The van der Waals surface area contributed by atoms with Crippen LogP contribution >= 0.6 is 15.9 Å². The molecule has 0 saturated heterocycles. The van der Waals surface area contributed by atoms with Crippen LogP contribution in [-0.2, 0) is 11.2 Å². The van der Waals surface area contributed by atoms with E-state index >= 15 is 0 Å². The molecule has 19 heavy (non-hydrogen) atoms. The summed E-state index contributed by atoms with van der Waals surface area (Å²) in [6.45, 7) is 0. The largest absolute Gasteiger partial charge is 0.381 e. The second-order valence-electron chi connectivity index (χ2n) is 4.19. The lowest BCUT2D eigenvalue weighted by atomic mass is 10.00. The summed E-state index contributed by atoms with van der Waals surface area (Å²) in [6, 6.07) is 12.9. The van der Waals surface area contributed by atoms with Gasteiger partial charge in [0.2, 0.25) is 0 Å². The molecule has 4 heteroatoms. The molecule has 0 aromatic heterocycles. The fourth-order valence-electron chi connectivity index (χ4n) is 1.77. The van der Waals surface area contributed by atoms with Gasteiger partial charge in [-0.1, -0.05) is 52.3 Å². The zero-order valence-corrected chi connectivity index (χ0v) is 11.6. The third kappa shape index (κ3) is 3.49. The summed E-state index contributed by atoms with van der Waals surface area (Å²) < 4.78 is 13.5. The van der Waals surface area contributed by atoms with Crippen molar-refractivity contribution in [1.29, 1.82) is 0 Å². The molecule has 2 rings (SSSR count). The molecule has 0 spiro atoms. The van der Waals surface area contributed by atoms with Gasteiger partial charge in [-0.15, -0.1) is 0 Å². The van der Waals surface area contributed by atoms with Gasteiger partial charge in [0, 0.05) is 10.9 Å². The fourth-order valence-corrected chi connectivity index (χ4v) is 2.26. The molecule has 98 valence electrons. The van der Waals surface area contributed by atoms with E-state index < -0.39 is 6.10 Å². The summed E-state index contributed by atoms with van der Waals surface area (Å²) >= 11 is 3.21. The van der Waals surface area contributed by atoms with Crippen molar-refractivity contribution in [2.45, 2.75) is 12.5 Å². The molecule has 0 bridgehead atoms. The molecular formula is C15H12BrFO2. The number of ketones is 1. The number of benzene rings is 2. The Hall–Kier alpha value is -1.52. The number of hydrogen-bond donors (Lipinski definition) is 1. The first-order valence-corrected chi connectivity index (χ1v) is 6.57. The van der Waals surface area contributed by atoms with Gasteiger partial charge in [0.25, 0.3) is 0 Å². The highest BCUT2D eigenvalue weighted by Crippen LogP contribution is 2.22. The standard InChI is InChI=1S/C15H12BrFO2/c16-13-9-12(17)7-6-11(13)8-14(18)15(19)10-4-2-1-3-5-10/h1-7,9,15,19H,8H2. The Bertz CT molecular complexity index is 584. The van der Waals surface area contributed by atoms with Crippen molar-refractivity contribution in [3.05, 3.63) is 69.9 Å². The predicted molar refractivity (Wildman–Crippen MR) is 74.2 cm³/mol. The van der Waals surface area contributed by atoms with Crippen LogP contribution in [-0.4, -0.2) is 10.9 Å². The summed E-state index contributed by atoms with van der Waals surface area (Å²) in [4.78, 5) is 12.0. The van der Waals surface area contributed by atoms with Gasteiger partial charge in [-0.25, -0.2) is 4.39 Å². The number of carbonyl (C=O) groups excluding carboxylic acids is 1. The third-order valence-corrected chi connectivity index (χ3v) is 3.54. The number of rotatable bonds is 4. The number of hydrogen-bond acceptors (Lipinski definition) is 2. The predicted octanol–water partition coefficient (Wildman–Crippen LogP) is 3.43. The van der Waals surface area contributed by atoms with Gasteiger partial charge >= 0.3 is 0 Å². The minimum atomic E-state index is -1.15. The molecule has 0 aliphatic rings. The van der Waals surface area contributed by atoms with Crippen molar-refractivity contribution < 1.29 is 14.3 Å². The Balaban J connectivity index is 2.13. The Labute approximate surface area is 119 Å². The Morgan fingerprint density at radius 1 is 1.21 bits per heavy atom. The number of aliphatic hydroxyl groups excluding tert-OH is 1. The van der Waals surface area contributed by atoms with Crippen molar-refractivity contribution in [1.82, 2.24) is 0 Å². The lowest BCUT2D eigenvalue weighted by Crippen LogP contribution is -2.14. The van der Waals surface area contributed by atoms with E-state index in [0.29, 0.717) is 15.6 Å². The second kappa shape index (κ2) is 6.08. The molecule has 0 saturated carbocycles. The van der Waals surface area contributed by atoms with Crippen molar-refractivity contribution in [3.8, 4) is 0 Å². The molecule has 1 N–H and O–H groups in total. The van der Waals surface area contributed by atoms with Crippen LogP contribution in [0.15, 0.2) is 53.0 Å². The van der Waals surface area contributed by atoms with Gasteiger partial charge in [0.15, 0.2) is 5.78 Å². The van der Waals surface area contributed by atoms with Crippen molar-refractivity contribution in [2.24, 2.45) is 0 Å². The second-order valence-corrected chi connectivity index (χ2v) is 5.05. The maximum atomic E-state index is 12.9. The van der Waals surface area contributed by atoms with Crippen LogP contribution < -0.4 is 0 Å². The molecule has 0 aliphatic carbocycles. The van der Waals surface area contributed by atoms with Crippen molar-refractivity contribution >= 4 is 21.7 Å². The summed E-state index contributed by atoms with van der Waals surface area (Å²) in [5.41, 5.74) is 1.21. The topological polar surface area (TPSA) is 37.3 Å². The summed E-state index contributed by atoms with van der Waals surface area (Å²) in [6.07, 6.45) is -1.10. The SMILES string of the molecule is O=C(Cc1ccc(F)cc1Br)C(O)c1ccccc1. The van der Waals surface area contributed by atoms with Crippen LogP contribution in [0.3, 0.4) is 0 Å². The van der Waals surface area contributed by atoms with E-state index in [1.807, 2.05) is 6.07 Å². The molecule has 0 amide bonds. The molecular weight excluding hydrogens is 311 g/mol. The number of halogens is 2. The minimum absolute atomic E-state index is 0.0525. The van der Waals surface area contributed by atoms with E-state index in [2.05, 4.69) is 15.9 Å². The first kappa shape index (κ1) is 13.9. The van der Waals surface area contributed by atoms with Gasteiger partial charge in [-0.05, 0) is 23.3 Å². The highest BCUT2D eigenvalue weighted by molar-refractivity contribution is 9.10. The molecule has 1 atom stereocenters. The van der Waals surface area contributed by atoms with Crippen LogP contribution in [0.1, 0.15) is 17.2 Å². The summed E-state index contributed by atoms with van der Waals surface area (Å²) in [5, 5.41) is 9.96. The average molecular weight is 323 g/mol. The molecule has 0 aliphatic heterocycles. The Kier molecular flexibility index (Phi) is 4.45. The van der Waals surface area contributed by atoms with Crippen molar-refractivity contribution in [3.63, 3.8) is 0 Å². The van der Waals surface area contributed by atoms with E-state index in [-0.39, 0.29) is 18.0 Å². The van der Waals surface area contributed by atoms with Gasteiger partial charge in [-0.3, -0.25) is 4.79 Å². The Morgan fingerprint density at radius 2 is 1.89 bits per heavy atom. The van der Waals surface area contributed by atoms with Gasteiger partial charge in [0.05, 0.1) is 0 Å². The lowest BCUT2D eigenvalue weighted by Gasteiger charge is -2.10. The van der Waals surface area contributed by atoms with E-state index in [4.69, 9.17) is 0 Å². The smallest absolute Gasteiger partial charge is 0.170 e. The van der Waals surface area contributed by atoms with Crippen LogP contribution in [0.5, 0.6) is 0 Å². The van der Waals surface area contributed by atoms with E-state index in [0.717, 1.165) is 0 Å². The summed E-state index contributed by atoms with van der Waals surface area (Å²) in [7, 11) is 0. The third-order valence-electron chi connectivity index (χ3n) is 2.80. The number of carbonyl (C=O) groups is 1. The van der Waals surface area contributed by atoms with Crippen molar-refractivity contribution in [2.75, 3.05) is 0 Å². The summed E-state index contributed by atoms with van der Waals surface area (Å²) in [5.74, 6) is -0.690. The van der Waals surface area contributed by atoms with E-state index in [9.17, 15) is 14.3 Å². The van der Waals surface area contributed by atoms with Gasteiger partial charge < -0.3 is 5.11 Å². The molecule has 0 radical (unpaired) electrons. The average Bonchev–Trinajstić information content (AvgIpc) is 2.42. The number of Topliss-reactive ketones (excluding diaryl/α,β-unsaturated/α-hetero) is 1. The van der Waals surface area contributed by atoms with Crippen LogP contribution in [0.25, 0.3) is 0 Å². The van der Waals surface area contributed by atoms with Crippen LogP contribution in [0.4, 0.5) is 4.39 Å². The fraction of sp³-hybridized carbons (Fsp3) is 0.133. The number of aliphatic hydroxyl groups is 1. The van der Waals surface area contributed by atoms with Gasteiger partial charge in [0.1, 0.15) is 11.9 Å². The normalized spacial score (nSPS) is 12.2. The molecule has 2 aromatic rings. The minimum Gasteiger partial charge on any atom is -0.381 e. The van der Waals surface area contributed by atoms with Crippen LogP contribution in [0, 0.1) is 5.82 Å². The maximum Gasteiger partial charge on any atom is 0.170 e. The Morgan fingerprint density at radius 3 is 2.53 bits per heavy atom. The first-order valence-electron chi connectivity index (χ1n) is 5.77. The molecule has 2 aromatic carbocycles. The monoisotopic (exact) mass is 322 g/mol. The zero-order chi connectivity index (χ0) is 13.8. The molecule has 0 fully saturated rings. The van der Waals surface area contributed by atoms with Gasteiger partial charge in [-0.2, -0.15) is 0 Å². The quantitative estimate of drug-likeness (QED) is 0.936. The highest BCUT2D eigenvalue weighted by Gasteiger charge is 2.18. The van der Waals surface area contributed by atoms with Crippen LogP contribution in [0.2, 0.25) is 0 Å². The zero-order valence-electron chi connectivity index (χ0n) is 10.0. The van der Waals surface area contributed by atoms with E-state index in [1.165, 1.54) is 18.2 Å². The maximum absolute atomic E-state index is 12.9. The molecule has 1 unspecified atom stereocenters. The molecule has 2 nitrogen and oxygen atoms in total. The highest BCUT2D eigenvalue weighted by atomic mass is 79.9. The van der Waals surface area contributed by atoms with E-state index in [1.54, 1.807) is 24.3 Å².